The highest BCUT2D eigenvalue weighted by Gasteiger charge is 2.13. The van der Waals surface area contributed by atoms with Crippen LogP contribution in [0.15, 0.2) is 36.7 Å². The molecule has 0 aliphatic heterocycles. The Morgan fingerprint density at radius 1 is 1.42 bits per heavy atom. The minimum Gasteiger partial charge on any atom is -0.375 e. The van der Waals surface area contributed by atoms with Crippen molar-refractivity contribution in [2.75, 3.05) is 5.32 Å². The van der Waals surface area contributed by atoms with Gasteiger partial charge in [0.15, 0.2) is 0 Å². The van der Waals surface area contributed by atoms with E-state index in [0.717, 1.165) is 12.1 Å². The Balaban J connectivity index is 2.14. The van der Waals surface area contributed by atoms with Gasteiger partial charge in [-0.3, -0.25) is 10.1 Å². The smallest absolute Gasteiger partial charge is 0.292 e. The molecular weight excluding hydrogens is 266 g/mol. The fourth-order valence-electron chi connectivity index (χ4n) is 1.80. The number of hydrogen-bond acceptors (Lipinski definition) is 3. The Hall–Kier alpha value is -2.01. The molecule has 0 radical (unpaired) electrons. The van der Waals surface area contributed by atoms with Gasteiger partial charge in [0, 0.05) is 36.6 Å². The van der Waals surface area contributed by atoms with Crippen molar-refractivity contribution in [3.63, 3.8) is 0 Å². The number of aromatic nitrogens is 1. The lowest BCUT2D eigenvalue weighted by molar-refractivity contribution is -0.384. The Bertz CT molecular complexity index is 595. The molecule has 0 spiro atoms. The summed E-state index contributed by atoms with van der Waals surface area (Å²) < 4.78 is 2.05. The summed E-state index contributed by atoms with van der Waals surface area (Å²) in [6.07, 6.45) is 3.98. The summed E-state index contributed by atoms with van der Waals surface area (Å²) in [5.74, 6) is 0. The van der Waals surface area contributed by atoms with E-state index in [-0.39, 0.29) is 5.69 Å². The number of halogens is 1. The van der Waals surface area contributed by atoms with Gasteiger partial charge in [0.2, 0.25) is 0 Å². The van der Waals surface area contributed by atoms with Crippen molar-refractivity contribution in [2.24, 2.45) is 0 Å². The molecule has 0 aliphatic carbocycles. The number of anilines is 1. The normalized spacial score (nSPS) is 10.4. The van der Waals surface area contributed by atoms with Gasteiger partial charge < -0.3 is 9.88 Å². The zero-order chi connectivity index (χ0) is 13.8. The predicted molar refractivity (Wildman–Crippen MR) is 75.5 cm³/mol. The van der Waals surface area contributed by atoms with Gasteiger partial charge in [-0.25, -0.2) is 0 Å². The van der Waals surface area contributed by atoms with Crippen LogP contribution in [-0.2, 0) is 13.1 Å². The lowest BCUT2D eigenvalue weighted by atomic mass is 10.2. The van der Waals surface area contributed by atoms with Gasteiger partial charge in [-0.15, -0.1) is 0 Å². The van der Waals surface area contributed by atoms with E-state index in [1.807, 2.05) is 23.0 Å². The van der Waals surface area contributed by atoms with E-state index in [0.29, 0.717) is 17.3 Å². The van der Waals surface area contributed by atoms with E-state index < -0.39 is 4.92 Å². The number of benzene rings is 1. The van der Waals surface area contributed by atoms with Gasteiger partial charge >= 0.3 is 0 Å². The zero-order valence-corrected chi connectivity index (χ0v) is 11.2. The third kappa shape index (κ3) is 3.26. The first-order chi connectivity index (χ1) is 9.10. The topological polar surface area (TPSA) is 60.1 Å². The third-order valence-corrected chi connectivity index (χ3v) is 3.05. The fourth-order valence-corrected chi connectivity index (χ4v) is 1.97. The Morgan fingerprint density at radius 2 is 2.21 bits per heavy atom. The molecule has 0 aliphatic rings. The van der Waals surface area contributed by atoms with Crippen LogP contribution in [0.5, 0.6) is 0 Å². The van der Waals surface area contributed by atoms with Gasteiger partial charge in [-0.2, -0.15) is 0 Å². The van der Waals surface area contributed by atoms with Gasteiger partial charge in [0.1, 0.15) is 5.69 Å². The SMILES string of the molecule is CCn1ccc(CNc2cc(Cl)ccc2[N+](=O)[O-])c1. The lowest BCUT2D eigenvalue weighted by Gasteiger charge is -2.06. The van der Waals surface area contributed by atoms with Gasteiger partial charge in [-0.1, -0.05) is 11.6 Å². The van der Waals surface area contributed by atoms with Crippen LogP contribution < -0.4 is 5.32 Å². The van der Waals surface area contributed by atoms with Crippen LogP contribution in [0.3, 0.4) is 0 Å². The van der Waals surface area contributed by atoms with Crippen LogP contribution in [0.1, 0.15) is 12.5 Å². The molecule has 1 heterocycles. The Morgan fingerprint density at radius 3 is 2.84 bits per heavy atom. The molecule has 0 saturated heterocycles. The van der Waals surface area contributed by atoms with Crippen LogP contribution >= 0.6 is 11.6 Å². The molecule has 1 N–H and O–H groups in total. The molecule has 5 nitrogen and oxygen atoms in total. The molecule has 0 fully saturated rings. The van der Waals surface area contributed by atoms with E-state index in [1.165, 1.54) is 12.1 Å². The monoisotopic (exact) mass is 279 g/mol. The van der Waals surface area contributed by atoms with Crippen molar-refractivity contribution in [3.8, 4) is 0 Å². The first kappa shape index (κ1) is 13.4. The van der Waals surface area contributed by atoms with Crippen LogP contribution in [0.4, 0.5) is 11.4 Å². The quantitative estimate of drug-likeness (QED) is 0.671. The van der Waals surface area contributed by atoms with E-state index in [2.05, 4.69) is 12.2 Å². The molecule has 0 saturated carbocycles. The first-order valence-electron chi connectivity index (χ1n) is 5.92. The summed E-state index contributed by atoms with van der Waals surface area (Å²) in [6.45, 7) is 3.48. The number of nitrogens with zero attached hydrogens (tertiary/aromatic N) is 2. The van der Waals surface area contributed by atoms with Crippen LogP contribution in [0, 0.1) is 10.1 Å². The maximum Gasteiger partial charge on any atom is 0.292 e. The van der Waals surface area contributed by atoms with Crippen LogP contribution in [0.25, 0.3) is 0 Å². The minimum atomic E-state index is -0.421. The van der Waals surface area contributed by atoms with Gasteiger partial charge in [0.25, 0.3) is 5.69 Å². The second-order valence-corrected chi connectivity index (χ2v) is 4.56. The van der Waals surface area contributed by atoms with E-state index in [4.69, 9.17) is 11.6 Å². The number of nitrogens with one attached hydrogen (secondary N) is 1. The number of rotatable bonds is 5. The maximum atomic E-state index is 10.9. The average Bonchev–Trinajstić information content (AvgIpc) is 2.84. The third-order valence-electron chi connectivity index (χ3n) is 2.82. The summed E-state index contributed by atoms with van der Waals surface area (Å²) in [6, 6.07) is 6.46. The van der Waals surface area contributed by atoms with Crippen molar-refractivity contribution in [3.05, 3.63) is 57.4 Å². The highest BCUT2D eigenvalue weighted by Crippen LogP contribution is 2.28. The summed E-state index contributed by atoms with van der Waals surface area (Å²) in [5.41, 5.74) is 1.53. The van der Waals surface area contributed by atoms with Gasteiger partial charge in [-0.05, 0) is 30.7 Å². The molecule has 2 rings (SSSR count). The van der Waals surface area contributed by atoms with Crippen LogP contribution in [0.2, 0.25) is 5.02 Å². The standard InChI is InChI=1S/C13H14ClN3O2/c1-2-16-6-5-10(9-16)8-15-12-7-11(14)3-4-13(12)17(18)19/h3-7,9,15H,2,8H2,1H3. The molecule has 1 aromatic carbocycles. The second-order valence-electron chi connectivity index (χ2n) is 4.12. The summed E-state index contributed by atoms with van der Waals surface area (Å²) in [7, 11) is 0. The van der Waals surface area contributed by atoms with Crippen LogP contribution in [-0.4, -0.2) is 9.49 Å². The minimum absolute atomic E-state index is 0.0272. The molecule has 0 atom stereocenters. The number of nitro groups is 1. The van der Waals surface area contributed by atoms with Crippen molar-refractivity contribution < 1.29 is 4.92 Å². The van der Waals surface area contributed by atoms with E-state index in [9.17, 15) is 10.1 Å². The molecule has 100 valence electrons. The number of aryl methyl sites for hydroxylation is 1. The average molecular weight is 280 g/mol. The Labute approximate surface area is 116 Å². The molecular formula is C13H14ClN3O2. The fraction of sp³-hybridized carbons (Fsp3) is 0.231. The van der Waals surface area contributed by atoms with E-state index >= 15 is 0 Å². The van der Waals surface area contributed by atoms with Crippen molar-refractivity contribution >= 4 is 23.0 Å². The molecule has 0 unspecified atom stereocenters. The highest BCUT2D eigenvalue weighted by molar-refractivity contribution is 6.31. The van der Waals surface area contributed by atoms with Crippen molar-refractivity contribution in [1.82, 2.24) is 4.57 Å². The summed E-state index contributed by atoms with van der Waals surface area (Å²) >= 11 is 5.86. The number of hydrogen-bond donors (Lipinski definition) is 1. The largest absolute Gasteiger partial charge is 0.375 e. The highest BCUT2D eigenvalue weighted by atomic mass is 35.5. The molecule has 2 aromatic rings. The second kappa shape index (κ2) is 5.75. The molecule has 0 bridgehead atoms. The van der Waals surface area contributed by atoms with Gasteiger partial charge in [0.05, 0.1) is 4.92 Å². The summed E-state index contributed by atoms with van der Waals surface area (Å²) in [4.78, 5) is 10.5. The lowest BCUT2D eigenvalue weighted by Crippen LogP contribution is -2.02. The van der Waals surface area contributed by atoms with Crippen molar-refractivity contribution in [1.29, 1.82) is 0 Å². The molecule has 0 amide bonds. The molecule has 1 aromatic heterocycles. The summed E-state index contributed by atoms with van der Waals surface area (Å²) in [5, 5.41) is 14.4. The maximum absolute atomic E-state index is 10.9. The predicted octanol–water partition coefficient (Wildman–Crippen LogP) is 3.68. The molecule has 6 heteroatoms. The first-order valence-corrected chi connectivity index (χ1v) is 6.30. The Kier molecular flexibility index (Phi) is 4.06. The number of nitro benzene ring substituents is 1. The zero-order valence-electron chi connectivity index (χ0n) is 10.5. The molecule has 19 heavy (non-hydrogen) atoms. The van der Waals surface area contributed by atoms with E-state index in [1.54, 1.807) is 6.07 Å². The van der Waals surface area contributed by atoms with Crippen molar-refractivity contribution in [2.45, 2.75) is 20.0 Å².